The Morgan fingerprint density at radius 1 is 1.00 bits per heavy atom. The highest BCUT2D eigenvalue weighted by molar-refractivity contribution is 6.01. The van der Waals surface area contributed by atoms with Crippen molar-refractivity contribution >= 4 is 17.3 Å². The molecule has 0 atom stereocenters. The standard InChI is InChI=1S/C24H32F3N3O/c1-4-6-15-23(16-7-5-2,22(31)30(28)21-13-11-18(3)12-14-21)29-20-10-8-9-19(17-20)24(25,26)27/h8-14,17,29H,4-7,15-16,28H2,1-3H3. The van der Waals surface area contributed by atoms with Gasteiger partial charge in [-0.05, 0) is 50.1 Å². The number of hydrazine groups is 1. The number of halogens is 3. The van der Waals surface area contributed by atoms with Crippen LogP contribution in [-0.4, -0.2) is 11.4 Å². The number of aryl methyl sites for hydroxylation is 1. The van der Waals surface area contributed by atoms with Gasteiger partial charge in [-0.25, -0.2) is 10.9 Å². The number of nitrogens with one attached hydrogen (secondary N) is 1. The highest BCUT2D eigenvalue weighted by Crippen LogP contribution is 2.34. The van der Waals surface area contributed by atoms with Gasteiger partial charge in [-0.15, -0.1) is 0 Å². The minimum Gasteiger partial charge on any atom is -0.371 e. The van der Waals surface area contributed by atoms with E-state index >= 15 is 0 Å². The van der Waals surface area contributed by atoms with Crippen LogP contribution in [0.5, 0.6) is 0 Å². The van der Waals surface area contributed by atoms with Crippen LogP contribution in [0, 0.1) is 6.92 Å². The van der Waals surface area contributed by atoms with Crippen LogP contribution in [-0.2, 0) is 11.0 Å². The molecule has 0 aromatic heterocycles. The van der Waals surface area contributed by atoms with Crippen LogP contribution < -0.4 is 16.2 Å². The van der Waals surface area contributed by atoms with Gasteiger partial charge in [0.25, 0.3) is 5.91 Å². The molecule has 7 heteroatoms. The molecule has 0 spiro atoms. The number of anilines is 2. The van der Waals surface area contributed by atoms with Crippen molar-refractivity contribution in [3.63, 3.8) is 0 Å². The number of hydrogen-bond acceptors (Lipinski definition) is 3. The molecule has 1 amide bonds. The van der Waals surface area contributed by atoms with Crippen molar-refractivity contribution in [1.82, 2.24) is 0 Å². The maximum atomic E-state index is 13.7. The van der Waals surface area contributed by atoms with Crippen molar-refractivity contribution in [2.24, 2.45) is 5.84 Å². The second kappa shape index (κ2) is 10.7. The Kier molecular flexibility index (Phi) is 8.51. The van der Waals surface area contributed by atoms with Gasteiger partial charge in [-0.1, -0.05) is 63.3 Å². The van der Waals surface area contributed by atoms with Crippen molar-refractivity contribution in [2.75, 3.05) is 10.3 Å². The Labute approximate surface area is 182 Å². The molecule has 0 heterocycles. The van der Waals surface area contributed by atoms with E-state index in [4.69, 9.17) is 5.84 Å². The number of rotatable bonds is 10. The number of carbonyl (C=O) groups excluding carboxylic acids is 1. The van der Waals surface area contributed by atoms with E-state index in [9.17, 15) is 18.0 Å². The molecule has 0 bridgehead atoms. The maximum Gasteiger partial charge on any atom is 0.416 e. The molecule has 2 aromatic carbocycles. The van der Waals surface area contributed by atoms with Crippen LogP contribution in [0.3, 0.4) is 0 Å². The maximum absolute atomic E-state index is 13.7. The van der Waals surface area contributed by atoms with Crippen LogP contribution in [0.4, 0.5) is 24.5 Å². The second-order valence-electron chi connectivity index (χ2n) is 8.00. The molecule has 0 radical (unpaired) electrons. The minimum atomic E-state index is -4.46. The second-order valence-corrected chi connectivity index (χ2v) is 8.00. The third kappa shape index (κ3) is 6.47. The molecule has 4 nitrogen and oxygen atoms in total. The average molecular weight is 436 g/mol. The van der Waals surface area contributed by atoms with Crippen LogP contribution in [0.2, 0.25) is 0 Å². The molecule has 170 valence electrons. The molecule has 3 N–H and O–H groups in total. The van der Waals surface area contributed by atoms with Gasteiger partial charge in [0.05, 0.1) is 11.3 Å². The number of alkyl halides is 3. The molecule has 0 fully saturated rings. The average Bonchev–Trinajstić information content (AvgIpc) is 2.75. The molecule has 2 aromatic rings. The molecule has 0 aliphatic carbocycles. The van der Waals surface area contributed by atoms with Gasteiger partial charge < -0.3 is 5.32 Å². The Hall–Kier alpha value is -2.54. The van der Waals surface area contributed by atoms with Gasteiger partial charge in [0.1, 0.15) is 5.54 Å². The van der Waals surface area contributed by atoms with E-state index < -0.39 is 17.3 Å². The molecule has 0 aliphatic rings. The van der Waals surface area contributed by atoms with E-state index in [0.717, 1.165) is 48.4 Å². The zero-order valence-corrected chi connectivity index (χ0v) is 18.4. The lowest BCUT2D eigenvalue weighted by atomic mass is 9.85. The Balaban J connectivity index is 2.46. The number of unbranched alkanes of at least 4 members (excludes halogenated alkanes) is 2. The first kappa shape index (κ1) is 24.7. The number of nitrogens with zero attached hydrogens (tertiary/aromatic N) is 1. The van der Waals surface area contributed by atoms with Crippen molar-refractivity contribution in [3.05, 3.63) is 59.7 Å². The zero-order chi connectivity index (χ0) is 23.1. The predicted octanol–water partition coefficient (Wildman–Crippen LogP) is 6.45. The summed E-state index contributed by atoms with van der Waals surface area (Å²) in [6.45, 7) is 5.97. The topological polar surface area (TPSA) is 58.4 Å². The summed E-state index contributed by atoms with van der Waals surface area (Å²) in [6.07, 6.45) is -0.345. The Bertz CT molecular complexity index is 842. The van der Waals surface area contributed by atoms with Gasteiger partial charge in [0.2, 0.25) is 0 Å². The smallest absolute Gasteiger partial charge is 0.371 e. The summed E-state index contributed by atoms with van der Waals surface area (Å²) in [7, 11) is 0. The summed E-state index contributed by atoms with van der Waals surface area (Å²) in [6, 6.07) is 12.2. The lowest BCUT2D eigenvalue weighted by Crippen LogP contribution is -2.56. The Morgan fingerprint density at radius 2 is 1.58 bits per heavy atom. The number of benzene rings is 2. The molecular formula is C24H32F3N3O. The molecule has 31 heavy (non-hydrogen) atoms. The predicted molar refractivity (Wildman–Crippen MR) is 120 cm³/mol. The van der Waals surface area contributed by atoms with E-state index in [0.29, 0.717) is 18.5 Å². The Morgan fingerprint density at radius 3 is 2.10 bits per heavy atom. The zero-order valence-electron chi connectivity index (χ0n) is 18.4. The van der Waals surface area contributed by atoms with Crippen LogP contribution in [0.25, 0.3) is 0 Å². The summed E-state index contributed by atoms with van der Waals surface area (Å²) in [5.74, 6) is 5.88. The molecule has 0 saturated heterocycles. The lowest BCUT2D eigenvalue weighted by molar-refractivity contribution is -0.137. The summed E-state index contributed by atoms with van der Waals surface area (Å²) in [5, 5.41) is 4.28. The summed E-state index contributed by atoms with van der Waals surface area (Å²) in [4.78, 5) is 13.7. The van der Waals surface area contributed by atoms with E-state index in [1.807, 2.05) is 32.9 Å². The third-order valence-corrected chi connectivity index (χ3v) is 5.43. The highest BCUT2D eigenvalue weighted by atomic mass is 19.4. The minimum absolute atomic E-state index is 0.257. The molecule has 0 aliphatic heterocycles. The number of amides is 1. The van der Waals surface area contributed by atoms with Crippen molar-refractivity contribution in [2.45, 2.75) is 71.0 Å². The van der Waals surface area contributed by atoms with Crippen LogP contribution >= 0.6 is 0 Å². The molecule has 0 saturated carbocycles. The van der Waals surface area contributed by atoms with Crippen molar-refractivity contribution in [1.29, 1.82) is 0 Å². The largest absolute Gasteiger partial charge is 0.416 e. The van der Waals surface area contributed by atoms with Gasteiger partial charge >= 0.3 is 6.18 Å². The lowest BCUT2D eigenvalue weighted by Gasteiger charge is -2.37. The fourth-order valence-electron chi connectivity index (χ4n) is 3.58. The fraction of sp³-hybridized carbons (Fsp3) is 0.458. The molecule has 2 rings (SSSR count). The van der Waals surface area contributed by atoms with Crippen LogP contribution in [0.1, 0.15) is 63.5 Å². The van der Waals surface area contributed by atoms with Crippen molar-refractivity contribution < 1.29 is 18.0 Å². The van der Waals surface area contributed by atoms with Crippen LogP contribution in [0.15, 0.2) is 48.5 Å². The normalized spacial score (nSPS) is 12.0. The van der Waals surface area contributed by atoms with Gasteiger partial charge in [0.15, 0.2) is 0 Å². The summed E-state index contributed by atoms with van der Waals surface area (Å²) >= 11 is 0. The van der Waals surface area contributed by atoms with E-state index in [1.165, 1.54) is 6.07 Å². The SMILES string of the molecule is CCCCC(CCCC)(Nc1cccc(C(F)(F)F)c1)C(=O)N(N)c1ccc(C)cc1. The number of nitrogens with two attached hydrogens (primary N) is 1. The third-order valence-electron chi connectivity index (χ3n) is 5.43. The monoisotopic (exact) mass is 435 g/mol. The highest BCUT2D eigenvalue weighted by Gasteiger charge is 2.40. The summed E-state index contributed by atoms with van der Waals surface area (Å²) in [5.41, 5.74) is -0.0232. The van der Waals surface area contributed by atoms with Crippen molar-refractivity contribution in [3.8, 4) is 0 Å². The fourth-order valence-corrected chi connectivity index (χ4v) is 3.58. The van der Waals surface area contributed by atoms with E-state index in [1.54, 1.807) is 18.2 Å². The first-order chi connectivity index (χ1) is 14.6. The van der Waals surface area contributed by atoms with Gasteiger partial charge in [-0.2, -0.15) is 13.2 Å². The summed E-state index contributed by atoms with van der Waals surface area (Å²) < 4.78 is 39.7. The molecular weight excluding hydrogens is 403 g/mol. The first-order valence-corrected chi connectivity index (χ1v) is 10.7. The van der Waals surface area contributed by atoms with E-state index in [2.05, 4.69) is 5.32 Å². The van der Waals surface area contributed by atoms with E-state index in [-0.39, 0.29) is 11.6 Å². The number of carbonyl (C=O) groups is 1. The van der Waals surface area contributed by atoms with Gasteiger partial charge in [0, 0.05) is 5.69 Å². The quantitative estimate of drug-likeness (QED) is 0.256. The first-order valence-electron chi connectivity index (χ1n) is 10.7. The number of hydrogen-bond donors (Lipinski definition) is 2. The molecule has 0 unspecified atom stereocenters. The van der Waals surface area contributed by atoms with Gasteiger partial charge in [-0.3, -0.25) is 4.79 Å².